The number of nitrogens with one attached hydrogen (secondary N) is 1. The molecule has 34 heavy (non-hydrogen) atoms. The second-order valence-corrected chi connectivity index (χ2v) is 7.90. The number of aliphatic hydroxyl groups excluding tert-OH is 1. The lowest BCUT2D eigenvalue weighted by Crippen LogP contribution is -2.47. The van der Waals surface area contributed by atoms with Gasteiger partial charge in [-0.15, -0.1) is 10.2 Å². The van der Waals surface area contributed by atoms with Crippen LogP contribution < -0.4 is 5.32 Å². The molecular weight excluding hydrogens is 470 g/mol. The van der Waals surface area contributed by atoms with Crippen LogP contribution in [0.2, 0.25) is 0 Å². The van der Waals surface area contributed by atoms with E-state index in [1.54, 1.807) is 6.92 Å². The molecule has 0 radical (unpaired) electrons. The molecule has 2 aromatic rings. The number of aliphatic hydroxyl groups is 1. The van der Waals surface area contributed by atoms with Crippen molar-refractivity contribution in [3.63, 3.8) is 0 Å². The van der Waals surface area contributed by atoms with Crippen LogP contribution in [0, 0.1) is 0 Å². The fraction of sp³-hybridized carbons (Fsp3) is 0.476. The van der Waals surface area contributed by atoms with E-state index >= 15 is 0 Å². The zero-order chi connectivity index (χ0) is 25.3. The van der Waals surface area contributed by atoms with Crippen molar-refractivity contribution >= 4 is 11.7 Å². The van der Waals surface area contributed by atoms with Crippen molar-refractivity contribution in [2.24, 2.45) is 0 Å². The lowest BCUT2D eigenvalue weighted by atomic mass is 9.99. The van der Waals surface area contributed by atoms with Gasteiger partial charge in [0.25, 0.3) is 5.91 Å². The molecule has 2 atom stereocenters. The number of carbonyl (C=O) groups is 1. The van der Waals surface area contributed by atoms with Crippen LogP contribution in [0.4, 0.5) is 32.2 Å². The van der Waals surface area contributed by atoms with Gasteiger partial charge in [0.05, 0.1) is 47.7 Å². The summed E-state index contributed by atoms with van der Waals surface area (Å²) in [6.07, 6.45) is -10.9. The maximum atomic E-state index is 13.6. The Morgan fingerprint density at radius 3 is 2.50 bits per heavy atom. The Bertz CT molecular complexity index is 1040. The van der Waals surface area contributed by atoms with Crippen LogP contribution in [0.5, 0.6) is 0 Å². The molecule has 1 aromatic heterocycles. The average Bonchev–Trinajstić information content (AvgIpc) is 2.76. The van der Waals surface area contributed by atoms with E-state index in [9.17, 15) is 36.2 Å². The zero-order valence-corrected chi connectivity index (χ0v) is 18.2. The number of carbonyl (C=O) groups excluding carboxylic acids is 1. The van der Waals surface area contributed by atoms with Crippen LogP contribution in [-0.2, 0) is 17.1 Å². The smallest absolute Gasteiger partial charge is 0.392 e. The molecule has 1 fully saturated rings. The summed E-state index contributed by atoms with van der Waals surface area (Å²) >= 11 is 0. The molecule has 7 nitrogen and oxygen atoms in total. The number of morpholine rings is 1. The van der Waals surface area contributed by atoms with Crippen LogP contribution >= 0.6 is 0 Å². The molecule has 0 saturated carbocycles. The van der Waals surface area contributed by atoms with Crippen molar-refractivity contribution < 1.29 is 41.0 Å². The Morgan fingerprint density at radius 2 is 1.91 bits per heavy atom. The van der Waals surface area contributed by atoms with E-state index in [0.29, 0.717) is 12.1 Å². The molecule has 2 heterocycles. The molecule has 0 bridgehead atoms. The van der Waals surface area contributed by atoms with Crippen molar-refractivity contribution in [2.45, 2.75) is 38.3 Å². The number of amides is 1. The standard InChI is InChI=1S/C21H22F6N4O3/c1-11-10-34-6-5-31(11)19(33)15-8-17(29-30-18(15)28-9-12(2)32)14-4-3-13(20(22,23)24)7-16(14)21(25,26)27/h3-4,7-8,11-12,32H,5-6,9-10H2,1-2H3,(H,28,30)/t11-,12+/m0/s1. The van der Waals surface area contributed by atoms with Gasteiger partial charge in [0.15, 0.2) is 5.82 Å². The quantitative estimate of drug-likeness (QED) is 0.617. The first kappa shape index (κ1) is 25.7. The number of hydrogen-bond donors (Lipinski definition) is 2. The predicted molar refractivity (Wildman–Crippen MR) is 109 cm³/mol. The molecule has 13 heteroatoms. The molecule has 3 rings (SSSR count). The van der Waals surface area contributed by atoms with E-state index in [2.05, 4.69) is 15.5 Å². The van der Waals surface area contributed by atoms with Crippen molar-refractivity contribution in [1.29, 1.82) is 0 Å². The van der Waals surface area contributed by atoms with Crippen LogP contribution in [0.15, 0.2) is 24.3 Å². The van der Waals surface area contributed by atoms with Gasteiger partial charge in [0, 0.05) is 18.7 Å². The van der Waals surface area contributed by atoms with Crippen molar-refractivity contribution in [3.05, 3.63) is 41.0 Å². The summed E-state index contributed by atoms with van der Waals surface area (Å²) in [5, 5.41) is 19.8. The predicted octanol–water partition coefficient (Wildman–Crippen LogP) is 3.83. The first-order valence-corrected chi connectivity index (χ1v) is 10.3. The number of alkyl halides is 6. The molecule has 2 N–H and O–H groups in total. The Labute approximate surface area is 190 Å². The first-order chi connectivity index (χ1) is 15.8. The Kier molecular flexibility index (Phi) is 7.36. The van der Waals surface area contributed by atoms with E-state index in [0.717, 1.165) is 6.07 Å². The minimum absolute atomic E-state index is 0.00214. The molecule has 1 aliphatic rings. The molecule has 0 unspecified atom stereocenters. The maximum Gasteiger partial charge on any atom is 0.417 e. The van der Waals surface area contributed by atoms with Gasteiger partial charge in [0.2, 0.25) is 0 Å². The normalized spacial score (nSPS) is 18.0. The third-order valence-electron chi connectivity index (χ3n) is 5.15. The van der Waals surface area contributed by atoms with Crippen molar-refractivity contribution in [1.82, 2.24) is 15.1 Å². The number of anilines is 1. The molecular formula is C21H22F6N4O3. The maximum absolute atomic E-state index is 13.6. The highest BCUT2D eigenvalue weighted by Gasteiger charge is 2.39. The van der Waals surface area contributed by atoms with Crippen molar-refractivity contribution in [2.75, 3.05) is 31.6 Å². The summed E-state index contributed by atoms with van der Waals surface area (Å²) in [7, 11) is 0. The van der Waals surface area contributed by atoms with Gasteiger partial charge in [-0.05, 0) is 32.0 Å². The highest BCUT2D eigenvalue weighted by Crippen LogP contribution is 2.40. The average molecular weight is 492 g/mol. The molecule has 1 aliphatic heterocycles. The number of rotatable bonds is 5. The minimum atomic E-state index is -5.12. The van der Waals surface area contributed by atoms with Gasteiger partial charge in [0.1, 0.15) is 0 Å². The Morgan fingerprint density at radius 1 is 1.21 bits per heavy atom. The minimum Gasteiger partial charge on any atom is -0.392 e. The number of nitrogens with zero attached hydrogens (tertiary/aromatic N) is 3. The SMILES string of the molecule is C[C@@H](O)CNc1nnc(-c2ccc(C(F)(F)F)cc2C(F)(F)F)cc1C(=O)N1CCOC[C@@H]1C. The molecule has 186 valence electrons. The van der Waals surface area contributed by atoms with E-state index in [1.165, 1.54) is 11.8 Å². The summed E-state index contributed by atoms with van der Waals surface area (Å²) in [5.41, 5.74) is -4.23. The lowest BCUT2D eigenvalue weighted by molar-refractivity contribution is -0.142. The van der Waals surface area contributed by atoms with Crippen LogP contribution in [0.25, 0.3) is 11.3 Å². The van der Waals surface area contributed by atoms with Gasteiger partial charge >= 0.3 is 12.4 Å². The second kappa shape index (κ2) is 9.74. The fourth-order valence-electron chi connectivity index (χ4n) is 3.42. The molecule has 0 spiro atoms. The van der Waals surface area contributed by atoms with Gasteiger partial charge in [-0.2, -0.15) is 26.3 Å². The van der Waals surface area contributed by atoms with Crippen LogP contribution in [0.1, 0.15) is 35.3 Å². The number of benzene rings is 1. The molecule has 1 saturated heterocycles. The lowest BCUT2D eigenvalue weighted by Gasteiger charge is -2.33. The number of ether oxygens (including phenoxy) is 1. The summed E-state index contributed by atoms with van der Waals surface area (Å²) in [6, 6.07) is 1.89. The van der Waals surface area contributed by atoms with Crippen LogP contribution in [-0.4, -0.2) is 64.6 Å². The number of hydrogen-bond acceptors (Lipinski definition) is 6. The fourth-order valence-corrected chi connectivity index (χ4v) is 3.42. The van der Waals surface area contributed by atoms with Crippen molar-refractivity contribution in [3.8, 4) is 11.3 Å². The first-order valence-electron chi connectivity index (χ1n) is 10.3. The van der Waals surface area contributed by atoms with Gasteiger partial charge in [-0.3, -0.25) is 4.79 Å². The number of aromatic nitrogens is 2. The Hall–Kier alpha value is -2.93. The highest BCUT2D eigenvalue weighted by atomic mass is 19.4. The summed E-state index contributed by atoms with van der Waals surface area (Å²) < 4.78 is 85.3. The Balaban J connectivity index is 2.12. The summed E-state index contributed by atoms with van der Waals surface area (Å²) in [4.78, 5) is 14.7. The third kappa shape index (κ3) is 5.76. The summed E-state index contributed by atoms with van der Waals surface area (Å²) in [6.45, 7) is 3.91. The summed E-state index contributed by atoms with van der Waals surface area (Å²) in [5.74, 6) is -0.644. The third-order valence-corrected chi connectivity index (χ3v) is 5.15. The van der Waals surface area contributed by atoms with Crippen LogP contribution in [0.3, 0.4) is 0 Å². The molecule has 1 aromatic carbocycles. The van der Waals surface area contributed by atoms with E-state index in [-0.39, 0.29) is 49.8 Å². The van der Waals surface area contributed by atoms with Gasteiger partial charge in [-0.25, -0.2) is 0 Å². The van der Waals surface area contributed by atoms with Gasteiger partial charge < -0.3 is 20.1 Å². The highest BCUT2D eigenvalue weighted by molar-refractivity contribution is 6.00. The topological polar surface area (TPSA) is 87.6 Å². The van der Waals surface area contributed by atoms with E-state index in [4.69, 9.17) is 4.74 Å². The number of halogens is 6. The van der Waals surface area contributed by atoms with Gasteiger partial charge in [-0.1, -0.05) is 6.07 Å². The largest absolute Gasteiger partial charge is 0.417 e. The monoisotopic (exact) mass is 492 g/mol. The molecule has 1 amide bonds. The van der Waals surface area contributed by atoms with E-state index in [1.807, 2.05) is 0 Å². The molecule has 0 aliphatic carbocycles. The van der Waals surface area contributed by atoms with E-state index < -0.39 is 46.7 Å². The zero-order valence-electron chi connectivity index (χ0n) is 18.2. The second-order valence-electron chi connectivity index (χ2n) is 7.90.